The van der Waals surface area contributed by atoms with Gasteiger partial charge in [-0.3, -0.25) is 14.6 Å². The number of hydrogen-bond donors (Lipinski definition) is 1. The third kappa shape index (κ3) is 4.56. The Morgan fingerprint density at radius 2 is 1.73 bits per heavy atom. The zero-order valence-corrected chi connectivity index (χ0v) is 22.8. The molecule has 5 rings (SSSR count). The number of benzene rings is 2. The maximum atomic E-state index is 14.0. The summed E-state index contributed by atoms with van der Waals surface area (Å²) in [4.78, 5) is 33.0. The van der Waals surface area contributed by atoms with Crippen molar-refractivity contribution in [3.63, 3.8) is 0 Å². The SMILES string of the molecule is COc1cc(C2C(C(=O)c3cc4cc(Cl)cc(OC)c4o3)=C(O)C(=O)N2Cc2cccnc2)cc(OC)c1OC. The molecule has 40 heavy (non-hydrogen) atoms. The van der Waals surface area contributed by atoms with E-state index in [1.807, 2.05) is 0 Å². The van der Waals surface area contributed by atoms with Gasteiger partial charge < -0.3 is 33.4 Å². The molecule has 1 aliphatic rings. The summed E-state index contributed by atoms with van der Waals surface area (Å²) in [6, 6.07) is 10.4. The van der Waals surface area contributed by atoms with Gasteiger partial charge in [-0.25, -0.2) is 0 Å². The molecule has 1 atom stereocenters. The first kappa shape index (κ1) is 26.9. The van der Waals surface area contributed by atoms with Crippen LogP contribution in [0.2, 0.25) is 5.02 Å². The highest BCUT2D eigenvalue weighted by molar-refractivity contribution is 6.31. The standard InChI is InChI=1S/C29H25ClN2O8/c1-36-20-9-16(10-21(37-2)28(20)39-4)24-23(26(34)29(35)32(24)14-15-6-5-7-31-13-15)25(33)19-11-17-8-18(30)12-22(38-3)27(17)40-19/h5-13,24,34H,14H2,1-4H3. The van der Waals surface area contributed by atoms with Gasteiger partial charge in [0.25, 0.3) is 5.91 Å². The lowest BCUT2D eigenvalue weighted by atomic mass is 9.94. The number of carbonyl (C=O) groups is 2. The molecule has 0 aliphatic carbocycles. The number of aliphatic hydroxyl groups is 1. The Bertz CT molecular complexity index is 1620. The number of ether oxygens (including phenoxy) is 4. The first-order valence-electron chi connectivity index (χ1n) is 12.1. The summed E-state index contributed by atoms with van der Waals surface area (Å²) in [6.45, 7) is 0.0540. The van der Waals surface area contributed by atoms with Gasteiger partial charge in [-0.1, -0.05) is 17.7 Å². The highest BCUT2D eigenvalue weighted by Crippen LogP contribution is 2.46. The molecule has 10 nitrogen and oxygen atoms in total. The van der Waals surface area contributed by atoms with Crippen LogP contribution in [0.4, 0.5) is 0 Å². The average Bonchev–Trinajstić information content (AvgIpc) is 3.50. The summed E-state index contributed by atoms with van der Waals surface area (Å²) >= 11 is 6.20. The number of hydrogen-bond acceptors (Lipinski definition) is 9. The Morgan fingerprint density at radius 3 is 2.33 bits per heavy atom. The number of Topliss-reactive ketones (excluding diaryl/α,β-unsaturated/α-hetero) is 1. The average molecular weight is 565 g/mol. The number of nitrogens with zero attached hydrogens (tertiary/aromatic N) is 2. The lowest BCUT2D eigenvalue weighted by Gasteiger charge is -2.27. The van der Waals surface area contributed by atoms with Gasteiger partial charge in [0.05, 0.1) is 40.1 Å². The van der Waals surface area contributed by atoms with Crippen molar-refractivity contribution in [1.82, 2.24) is 9.88 Å². The molecule has 2 aromatic heterocycles. The highest BCUT2D eigenvalue weighted by atomic mass is 35.5. The molecule has 206 valence electrons. The van der Waals surface area contributed by atoms with Crippen LogP contribution in [-0.2, 0) is 11.3 Å². The van der Waals surface area contributed by atoms with Crippen molar-refractivity contribution < 1.29 is 38.1 Å². The fourth-order valence-corrected chi connectivity index (χ4v) is 5.04. The normalized spacial score (nSPS) is 15.1. The Kier molecular flexibility index (Phi) is 7.27. The molecule has 1 aliphatic heterocycles. The van der Waals surface area contributed by atoms with E-state index in [1.54, 1.807) is 48.8 Å². The minimum Gasteiger partial charge on any atom is -0.503 e. The van der Waals surface area contributed by atoms with Crippen LogP contribution in [0.3, 0.4) is 0 Å². The minimum atomic E-state index is -1.03. The van der Waals surface area contributed by atoms with Crippen molar-refractivity contribution in [2.24, 2.45) is 0 Å². The second-order valence-electron chi connectivity index (χ2n) is 8.88. The Balaban J connectivity index is 1.68. The zero-order valence-electron chi connectivity index (χ0n) is 22.1. The van der Waals surface area contributed by atoms with E-state index < -0.39 is 23.5 Å². The number of pyridine rings is 1. The maximum Gasteiger partial charge on any atom is 0.290 e. The van der Waals surface area contributed by atoms with E-state index in [-0.39, 0.29) is 17.9 Å². The van der Waals surface area contributed by atoms with Gasteiger partial charge in [-0.15, -0.1) is 0 Å². The smallest absolute Gasteiger partial charge is 0.290 e. The molecule has 0 saturated carbocycles. The summed E-state index contributed by atoms with van der Waals surface area (Å²) in [5.41, 5.74) is 1.26. The third-order valence-corrected chi connectivity index (χ3v) is 6.84. The molecule has 2 aromatic carbocycles. The lowest BCUT2D eigenvalue weighted by Crippen LogP contribution is -2.30. The Hall–Kier alpha value is -4.70. The number of carbonyl (C=O) groups excluding carboxylic acids is 2. The Morgan fingerprint density at radius 1 is 1.02 bits per heavy atom. The van der Waals surface area contributed by atoms with Crippen LogP contribution in [0.15, 0.2) is 70.6 Å². The van der Waals surface area contributed by atoms with Crippen molar-refractivity contribution >= 4 is 34.3 Å². The fourth-order valence-electron chi connectivity index (χ4n) is 4.82. The molecule has 11 heteroatoms. The van der Waals surface area contributed by atoms with Crippen LogP contribution in [0.25, 0.3) is 11.0 Å². The van der Waals surface area contributed by atoms with Crippen LogP contribution in [0.5, 0.6) is 23.0 Å². The van der Waals surface area contributed by atoms with Gasteiger partial charge in [0.15, 0.2) is 34.4 Å². The molecule has 0 fully saturated rings. The number of fused-ring (bicyclic) bond motifs is 1. The molecule has 0 radical (unpaired) electrons. The molecule has 1 N–H and O–H groups in total. The second kappa shape index (κ2) is 10.8. The van der Waals surface area contributed by atoms with Gasteiger partial charge in [-0.05, 0) is 41.5 Å². The van der Waals surface area contributed by atoms with E-state index in [4.69, 9.17) is 35.0 Å². The van der Waals surface area contributed by atoms with Crippen LogP contribution in [0, 0.1) is 0 Å². The van der Waals surface area contributed by atoms with Gasteiger partial charge >= 0.3 is 0 Å². The molecule has 1 amide bonds. The third-order valence-electron chi connectivity index (χ3n) is 6.62. The number of halogens is 1. The summed E-state index contributed by atoms with van der Waals surface area (Å²) in [5, 5.41) is 12.0. The van der Waals surface area contributed by atoms with Crippen molar-refractivity contribution in [2.45, 2.75) is 12.6 Å². The van der Waals surface area contributed by atoms with E-state index in [1.165, 1.54) is 39.4 Å². The number of aromatic nitrogens is 1. The number of methoxy groups -OCH3 is 4. The highest BCUT2D eigenvalue weighted by Gasteiger charge is 2.45. The van der Waals surface area contributed by atoms with Crippen LogP contribution < -0.4 is 18.9 Å². The second-order valence-corrected chi connectivity index (χ2v) is 9.32. The maximum absolute atomic E-state index is 14.0. The van der Waals surface area contributed by atoms with Gasteiger partial charge in [0.2, 0.25) is 11.5 Å². The van der Waals surface area contributed by atoms with Gasteiger partial charge in [0.1, 0.15) is 0 Å². The monoisotopic (exact) mass is 564 g/mol. The van der Waals surface area contributed by atoms with Gasteiger partial charge in [0, 0.05) is 35.4 Å². The number of aliphatic hydroxyl groups excluding tert-OH is 1. The number of furan rings is 1. The topological polar surface area (TPSA) is 121 Å². The predicted octanol–water partition coefficient (Wildman–Crippen LogP) is 5.29. The van der Waals surface area contributed by atoms with Crippen molar-refractivity contribution in [1.29, 1.82) is 0 Å². The van der Waals surface area contributed by atoms with Crippen molar-refractivity contribution in [3.05, 3.63) is 88.1 Å². The molecule has 0 saturated heterocycles. The molecular weight excluding hydrogens is 540 g/mol. The summed E-state index contributed by atoms with van der Waals surface area (Å²) < 4.78 is 27.7. The van der Waals surface area contributed by atoms with Crippen molar-refractivity contribution in [2.75, 3.05) is 28.4 Å². The fraction of sp³-hybridized carbons (Fsp3) is 0.207. The van der Waals surface area contributed by atoms with E-state index >= 15 is 0 Å². The van der Waals surface area contributed by atoms with E-state index in [0.717, 1.165) is 0 Å². The molecular formula is C29H25ClN2O8. The van der Waals surface area contributed by atoms with E-state index in [0.29, 0.717) is 50.1 Å². The quantitative estimate of drug-likeness (QED) is 0.270. The molecule has 0 bridgehead atoms. The van der Waals surface area contributed by atoms with Gasteiger partial charge in [-0.2, -0.15) is 0 Å². The van der Waals surface area contributed by atoms with Crippen LogP contribution >= 0.6 is 11.6 Å². The number of amides is 1. The van der Waals surface area contributed by atoms with Crippen molar-refractivity contribution in [3.8, 4) is 23.0 Å². The molecule has 4 aromatic rings. The van der Waals surface area contributed by atoms with E-state index in [2.05, 4.69) is 4.98 Å². The minimum absolute atomic E-state index is 0.0540. The Labute approximate surface area is 234 Å². The van der Waals surface area contributed by atoms with E-state index in [9.17, 15) is 14.7 Å². The largest absolute Gasteiger partial charge is 0.503 e. The molecule has 0 spiro atoms. The lowest BCUT2D eigenvalue weighted by molar-refractivity contribution is -0.130. The first-order valence-corrected chi connectivity index (χ1v) is 12.4. The zero-order chi connectivity index (χ0) is 28.6. The molecule has 3 heterocycles. The summed E-state index contributed by atoms with van der Waals surface area (Å²) in [7, 11) is 5.84. The number of ketones is 1. The van der Waals surface area contributed by atoms with Crippen LogP contribution in [0.1, 0.15) is 27.7 Å². The predicted molar refractivity (Wildman–Crippen MR) is 145 cm³/mol. The summed E-state index contributed by atoms with van der Waals surface area (Å²) in [5.74, 6) is -0.932. The number of rotatable bonds is 9. The first-order chi connectivity index (χ1) is 19.3. The molecule has 1 unspecified atom stereocenters. The summed E-state index contributed by atoms with van der Waals surface area (Å²) in [6.07, 6.45) is 3.21. The van der Waals surface area contributed by atoms with Crippen LogP contribution in [-0.4, -0.2) is 55.1 Å².